The number of nitrogens with one attached hydrogen (secondary N) is 1. The SMILES string of the molecule is COc1ccc(C2CC(=O)N(CC(=O)NCc3cccnc3)N2C)cc1OC1CCCC1. The number of aromatic nitrogens is 1. The van der Waals surface area contributed by atoms with Gasteiger partial charge in [-0.3, -0.25) is 19.6 Å². The fourth-order valence-corrected chi connectivity index (χ4v) is 4.35. The minimum Gasteiger partial charge on any atom is -0.493 e. The molecule has 32 heavy (non-hydrogen) atoms. The van der Waals surface area contributed by atoms with Crippen molar-refractivity contribution in [3.8, 4) is 11.5 Å². The van der Waals surface area contributed by atoms with Crippen LogP contribution in [0.25, 0.3) is 0 Å². The van der Waals surface area contributed by atoms with Gasteiger partial charge in [0.2, 0.25) is 11.8 Å². The van der Waals surface area contributed by atoms with Crippen molar-refractivity contribution in [3.05, 3.63) is 53.9 Å². The van der Waals surface area contributed by atoms with Gasteiger partial charge in [0.25, 0.3) is 0 Å². The van der Waals surface area contributed by atoms with Crippen LogP contribution in [0.1, 0.15) is 49.3 Å². The zero-order valence-electron chi connectivity index (χ0n) is 18.6. The smallest absolute Gasteiger partial charge is 0.241 e. The molecule has 1 unspecified atom stereocenters. The van der Waals surface area contributed by atoms with E-state index in [-0.39, 0.29) is 30.5 Å². The van der Waals surface area contributed by atoms with Crippen molar-refractivity contribution in [3.63, 3.8) is 0 Å². The van der Waals surface area contributed by atoms with Crippen molar-refractivity contribution < 1.29 is 19.1 Å². The van der Waals surface area contributed by atoms with Crippen molar-refractivity contribution in [2.45, 2.75) is 50.8 Å². The number of hydrazine groups is 1. The summed E-state index contributed by atoms with van der Waals surface area (Å²) in [6.45, 7) is 0.357. The Morgan fingerprint density at radius 3 is 2.75 bits per heavy atom. The molecule has 8 heteroatoms. The van der Waals surface area contributed by atoms with Gasteiger partial charge in [-0.05, 0) is 55.0 Å². The van der Waals surface area contributed by atoms with Crippen molar-refractivity contribution >= 4 is 11.8 Å². The van der Waals surface area contributed by atoms with Crippen molar-refractivity contribution in [1.29, 1.82) is 0 Å². The van der Waals surface area contributed by atoms with Crippen LogP contribution in [0.2, 0.25) is 0 Å². The molecule has 1 aromatic heterocycles. The van der Waals surface area contributed by atoms with Gasteiger partial charge in [-0.1, -0.05) is 12.1 Å². The van der Waals surface area contributed by atoms with E-state index in [1.165, 1.54) is 17.9 Å². The molecular formula is C24H30N4O4. The lowest BCUT2D eigenvalue weighted by Crippen LogP contribution is -2.44. The Hall–Kier alpha value is -3.13. The van der Waals surface area contributed by atoms with Crippen LogP contribution in [0.4, 0.5) is 0 Å². The highest BCUT2D eigenvalue weighted by Gasteiger charge is 2.37. The molecule has 2 heterocycles. The number of hydrogen-bond donors (Lipinski definition) is 1. The number of carbonyl (C=O) groups is 2. The average Bonchev–Trinajstić information content (AvgIpc) is 3.42. The Morgan fingerprint density at radius 1 is 1.22 bits per heavy atom. The Bertz CT molecular complexity index is 946. The fraction of sp³-hybridized carbons (Fsp3) is 0.458. The number of rotatable bonds is 8. The van der Waals surface area contributed by atoms with Crippen LogP contribution in [-0.2, 0) is 16.1 Å². The van der Waals surface area contributed by atoms with Gasteiger partial charge in [-0.25, -0.2) is 5.01 Å². The largest absolute Gasteiger partial charge is 0.493 e. The number of pyridine rings is 1. The number of carbonyl (C=O) groups excluding carboxylic acids is 2. The van der Waals surface area contributed by atoms with E-state index < -0.39 is 0 Å². The average molecular weight is 439 g/mol. The number of nitrogens with zero attached hydrogens (tertiary/aromatic N) is 3. The summed E-state index contributed by atoms with van der Waals surface area (Å²) in [6, 6.07) is 9.37. The number of hydrogen-bond acceptors (Lipinski definition) is 6. The standard InChI is InChI=1S/C24H30N4O4/c1-27-20(18-9-10-21(31-2)22(12-18)32-19-7-3-4-8-19)13-24(30)28(27)16-23(29)26-15-17-6-5-11-25-14-17/h5-6,9-12,14,19-20H,3-4,7-8,13,15-16H2,1-2H3,(H,26,29). The molecule has 1 N–H and O–H groups in total. The third kappa shape index (κ3) is 5.02. The van der Waals surface area contributed by atoms with Crippen molar-refractivity contribution in [2.75, 3.05) is 20.7 Å². The summed E-state index contributed by atoms with van der Waals surface area (Å²) in [5.41, 5.74) is 1.88. The fourth-order valence-electron chi connectivity index (χ4n) is 4.35. The Morgan fingerprint density at radius 2 is 2.03 bits per heavy atom. The van der Waals surface area contributed by atoms with Crippen LogP contribution in [0.5, 0.6) is 11.5 Å². The minimum atomic E-state index is -0.213. The van der Waals surface area contributed by atoms with E-state index in [9.17, 15) is 9.59 Å². The summed E-state index contributed by atoms with van der Waals surface area (Å²) >= 11 is 0. The Kier molecular flexibility index (Phi) is 6.90. The second-order valence-corrected chi connectivity index (χ2v) is 8.32. The van der Waals surface area contributed by atoms with Gasteiger partial charge >= 0.3 is 0 Å². The molecule has 4 rings (SSSR count). The minimum absolute atomic E-state index is 0.0202. The van der Waals surface area contributed by atoms with E-state index in [1.807, 2.05) is 42.4 Å². The summed E-state index contributed by atoms with van der Waals surface area (Å²) < 4.78 is 11.7. The molecule has 1 aliphatic heterocycles. The van der Waals surface area contributed by atoms with E-state index in [1.54, 1.807) is 19.5 Å². The third-order valence-corrected chi connectivity index (χ3v) is 6.16. The predicted octanol–water partition coefficient (Wildman–Crippen LogP) is 2.85. The first-order valence-electron chi connectivity index (χ1n) is 11.1. The molecule has 1 saturated carbocycles. The van der Waals surface area contributed by atoms with Gasteiger partial charge in [0, 0.05) is 32.4 Å². The molecule has 1 atom stereocenters. The summed E-state index contributed by atoms with van der Waals surface area (Å²) in [7, 11) is 3.47. The molecule has 2 fully saturated rings. The van der Waals surface area contributed by atoms with Crippen LogP contribution in [0.3, 0.4) is 0 Å². The summed E-state index contributed by atoms with van der Waals surface area (Å²) in [5, 5.41) is 6.20. The lowest BCUT2D eigenvalue weighted by molar-refractivity contribution is -0.143. The summed E-state index contributed by atoms with van der Waals surface area (Å²) in [4.78, 5) is 29.2. The first-order valence-corrected chi connectivity index (χ1v) is 11.1. The third-order valence-electron chi connectivity index (χ3n) is 6.16. The quantitative estimate of drug-likeness (QED) is 0.682. The molecule has 0 bridgehead atoms. The number of amides is 2. The normalized spacial score (nSPS) is 19.4. The maximum Gasteiger partial charge on any atom is 0.241 e. The summed E-state index contributed by atoms with van der Waals surface area (Å²) in [5.74, 6) is 1.11. The molecule has 2 amide bonds. The van der Waals surface area contributed by atoms with E-state index in [0.717, 1.165) is 24.0 Å². The second kappa shape index (κ2) is 9.99. The van der Waals surface area contributed by atoms with Gasteiger partial charge in [-0.2, -0.15) is 0 Å². The van der Waals surface area contributed by atoms with Crippen LogP contribution in [-0.4, -0.2) is 53.6 Å². The monoisotopic (exact) mass is 438 g/mol. The van der Waals surface area contributed by atoms with Crippen molar-refractivity contribution in [2.24, 2.45) is 0 Å². The molecule has 170 valence electrons. The Balaban J connectivity index is 1.41. The van der Waals surface area contributed by atoms with Crippen molar-refractivity contribution in [1.82, 2.24) is 20.3 Å². The van der Waals surface area contributed by atoms with Gasteiger partial charge < -0.3 is 14.8 Å². The van der Waals surface area contributed by atoms with E-state index in [0.29, 0.717) is 24.5 Å². The highest BCUT2D eigenvalue weighted by molar-refractivity contribution is 5.86. The molecule has 2 aromatic rings. The maximum atomic E-state index is 12.7. The molecule has 8 nitrogen and oxygen atoms in total. The first-order chi connectivity index (χ1) is 15.5. The van der Waals surface area contributed by atoms with Crippen LogP contribution in [0.15, 0.2) is 42.7 Å². The molecule has 1 aliphatic carbocycles. The molecular weight excluding hydrogens is 408 g/mol. The number of benzene rings is 1. The summed E-state index contributed by atoms with van der Waals surface area (Å²) in [6.07, 6.45) is 8.39. The molecule has 1 saturated heterocycles. The lowest BCUT2D eigenvalue weighted by atomic mass is 10.0. The molecule has 0 spiro atoms. The maximum absolute atomic E-state index is 12.7. The van der Waals surface area contributed by atoms with Gasteiger partial charge in [0.05, 0.1) is 19.3 Å². The van der Waals surface area contributed by atoms with Gasteiger partial charge in [0.1, 0.15) is 6.54 Å². The highest BCUT2D eigenvalue weighted by atomic mass is 16.5. The first kappa shape index (κ1) is 22.1. The number of ether oxygens (including phenoxy) is 2. The van der Waals surface area contributed by atoms with Gasteiger partial charge in [-0.15, -0.1) is 0 Å². The Labute approximate surface area is 188 Å². The molecule has 2 aliphatic rings. The van der Waals surface area contributed by atoms with E-state index in [2.05, 4.69) is 10.3 Å². The van der Waals surface area contributed by atoms with E-state index in [4.69, 9.17) is 9.47 Å². The van der Waals surface area contributed by atoms with Crippen LogP contribution >= 0.6 is 0 Å². The lowest BCUT2D eigenvalue weighted by Gasteiger charge is -2.28. The van der Waals surface area contributed by atoms with Crippen LogP contribution in [0, 0.1) is 0 Å². The van der Waals surface area contributed by atoms with E-state index >= 15 is 0 Å². The number of methoxy groups -OCH3 is 1. The second-order valence-electron chi connectivity index (χ2n) is 8.32. The van der Waals surface area contributed by atoms with Gasteiger partial charge in [0.15, 0.2) is 11.5 Å². The predicted molar refractivity (Wildman–Crippen MR) is 119 cm³/mol. The zero-order valence-corrected chi connectivity index (χ0v) is 18.6. The zero-order chi connectivity index (χ0) is 22.5. The van der Waals surface area contributed by atoms with Crippen LogP contribution < -0.4 is 14.8 Å². The topological polar surface area (TPSA) is 84.0 Å². The molecule has 0 radical (unpaired) electrons. The highest BCUT2D eigenvalue weighted by Crippen LogP contribution is 2.38. The molecule has 1 aromatic carbocycles.